The molecule has 110 valence electrons. The maximum Gasteiger partial charge on any atom is 0.328 e. The molecule has 0 aliphatic rings. The lowest BCUT2D eigenvalue weighted by Crippen LogP contribution is -1.97. The Bertz CT molecular complexity index is 677. The highest BCUT2D eigenvalue weighted by Crippen LogP contribution is 2.25. The SMILES string of the molecule is CCCCOc1ccc2nc(C)cc(/C=C/C(=O)O)c2c1. The average molecular weight is 285 g/mol. The largest absolute Gasteiger partial charge is 0.494 e. The summed E-state index contributed by atoms with van der Waals surface area (Å²) in [6.45, 7) is 4.69. The molecule has 0 atom stereocenters. The fraction of sp³-hybridized carbons (Fsp3) is 0.294. The van der Waals surface area contributed by atoms with E-state index in [4.69, 9.17) is 9.84 Å². The summed E-state index contributed by atoms with van der Waals surface area (Å²) < 4.78 is 5.70. The van der Waals surface area contributed by atoms with E-state index in [2.05, 4.69) is 11.9 Å². The van der Waals surface area contributed by atoms with Gasteiger partial charge in [0.15, 0.2) is 0 Å². The van der Waals surface area contributed by atoms with Crippen molar-refractivity contribution in [2.75, 3.05) is 6.61 Å². The van der Waals surface area contributed by atoms with Crippen molar-refractivity contribution in [1.29, 1.82) is 0 Å². The van der Waals surface area contributed by atoms with Crippen molar-refractivity contribution < 1.29 is 14.6 Å². The summed E-state index contributed by atoms with van der Waals surface area (Å²) in [5.74, 6) is -0.181. The zero-order valence-electron chi connectivity index (χ0n) is 12.3. The summed E-state index contributed by atoms with van der Waals surface area (Å²) in [4.78, 5) is 15.2. The number of carboxylic acids is 1. The van der Waals surface area contributed by atoms with Crippen LogP contribution in [0.5, 0.6) is 5.75 Å². The number of aliphatic carboxylic acids is 1. The molecule has 0 spiro atoms. The van der Waals surface area contributed by atoms with E-state index in [-0.39, 0.29) is 0 Å². The molecule has 1 N–H and O–H groups in total. The maximum atomic E-state index is 10.7. The van der Waals surface area contributed by atoms with Crippen LogP contribution in [0.4, 0.5) is 0 Å². The smallest absolute Gasteiger partial charge is 0.328 e. The second-order valence-corrected chi connectivity index (χ2v) is 4.91. The van der Waals surface area contributed by atoms with Crippen molar-refractivity contribution >= 4 is 22.9 Å². The second-order valence-electron chi connectivity index (χ2n) is 4.91. The van der Waals surface area contributed by atoms with Crippen molar-refractivity contribution in [3.8, 4) is 5.75 Å². The van der Waals surface area contributed by atoms with E-state index in [9.17, 15) is 4.79 Å². The molecule has 4 heteroatoms. The van der Waals surface area contributed by atoms with Gasteiger partial charge in [-0.2, -0.15) is 0 Å². The lowest BCUT2D eigenvalue weighted by molar-refractivity contribution is -0.131. The summed E-state index contributed by atoms with van der Waals surface area (Å²) in [5.41, 5.74) is 2.52. The van der Waals surface area contributed by atoms with Crippen LogP contribution in [0.15, 0.2) is 30.3 Å². The molecule has 1 heterocycles. The van der Waals surface area contributed by atoms with Crippen LogP contribution in [0.1, 0.15) is 31.0 Å². The minimum absolute atomic E-state index is 0.682. The Morgan fingerprint density at radius 1 is 1.38 bits per heavy atom. The number of aromatic nitrogens is 1. The Labute approximate surface area is 124 Å². The first-order chi connectivity index (χ1) is 10.1. The van der Waals surface area contributed by atoms with E-state index in [1.165, 1.54) is 0 Å². The number of hydrogen-bond acceptors (Lipinski definition) is 3. The lowest BCUT2D eigenvalue weighted by atomic mass is 10.1. The molecule has 4 nitrogen and oxygen atoms in total. The Kier molecular flexibility index (Phi) is 4.93. The Morgan fingerprint density at radius 2 is 2.19 bits per heavy atom. The first-order valence-corrected chi connectivity index (χ1v) is 7.05. The number of nitrogens with zero attached hydrogens (tertiary/aromatic N) is 1. The molecule has 0 fully saturated rings. The molecule has 2 aromatic rings. The number of rotatable bonds is 6. The van der Waals surface area contributed by atoms with Crippen LogP contribution in [-0.4, -0.2) is 22.7 Å². The van der Waals surface area contributed by atoms with Crippen LogP contribution in [0.2, 0.25) is 0 Å². The molecular weight excluding hydrogens is 266 g/mol. The highest BCUT2D eigenvalue weighted by atomic mass is 16.5. The van der Waals surface area contributed by atoms with Gasteiger partial charge in [-0.15, -0.1) is 0 Å². The number of carboxylic acid groups (broad SMARTS) is 1. The van der Waals surface area contributed by atoms with Crippen LogP contribution in [0.3, 0.4) is 0 Å². The summed E-state index contributed by atoms with van der Waals surface area (Å²) in [6, 6.07) is 7.59. The summed E-state index contributed by atoms with van der Waals surface area (Å²) in [5, 5.41) is 9.68. The van der Waals surface area contributed by atoms with Crippen LogP contribution in [-0.2, 0) is 4.79 Å². The van der Waals surface area contributed by atoms with Crippen molar-refractivity contribution in [3.63, 3.8) is 0 Å². The number of unbranched alkanes of at least 4 members (excludes halogenated alkanes) is 1. The number of benzene rings is 1. The van der Waals surface area contributed by atoms with Gasteiger partial charge in [0.2, 0.25) is 0 Å². The Morgan fingerprint density at radius 3 is 2.90 bits per heavy atom. The standard InChI is InChI=1S/C17H19NO3/c1-3-4-9-21-14-6-7-16-15(11-14)13(5-8-17(19)20)10-12(2)18-16/h5-8,10-11H,3-4,9H2,1-2H3,(H,19,20)/b8-5+. The quantitative estimate of drug-likeness (QED) is 0.647. The number of aryl methyl sites for hydroxylation is 1. The zero-order chi connectivity index (χ0) is 15.2. The summed E-state index contributed by atoms with van der Waals surface area (Å²) in [7, 11) is 0. The van der Waals surface area contributed by atoms with Gasteiger partial charge in [-0.25, -0.2) is 4.79 Å². The van der Waals surface area contributed by atoms with Gasteiger partial charge in [0, 0.05) is 17.2 Å². The fourth-order valence-corrected chi connectivity index (χ4v) is 2.09. The first-order valence-electron chi connectivity index (χ1n) is 7.05. The zero-order valence-corrected chi connectivity index (χ0v) is 12.3. The topological polar surface area (TPSA) is 59.4 Å². The fourth-order valence-electron chi connectivity index (χ4n) is 2.09. The molecule has 1 aromatic carbocycles. The van der Waals surface area contributed by atoms with E-state index in [1.807, 2.05) is 31.2 Å². The Balaban J connectivity index is 2.40. The van der Waals surface area contributed by atoms with Crippen LogP contribution in [0, 0.1) is 6.92 Å². The van der Waals surface area contributed by atoms with Gasteiger partial charge < -0.3 is 9.84 Å². The van der Waals surface area contributed by atoms with Crippen molar-refractivity contribution in [1.82, 2.24) is 4.98 Å². The van der Waals surface area contributed by atoms with Crippen LogP contribution < -0.4 is 4.74 Å². The maximum absolute atomic E-state index is 10.7. The minimum atomic E-state index is -0.965. The second kappa shape index (κ2) is 6.88. The first kappa shape index (κ1) is 15.0. The molecule has 2 rings (SSSR count). The molecular formula is C17H19NO3. The summed E-state index contributed by atoms with van der Waals surface area (Å²) >= 11 is 0. The Hall–Kier alpha value is -2.36. The predicted molar refractivity (Wildman–Crippen MR) is 83.6 cm³/mol. The monoisotopic (exact) mass is 285 g/mol. The van der Waals surface area contributed by atoms with Gasteiger partial charge in [-0.05, 0) is 49.2 Å². The van der Waals surface area contributed by atoms with Crippen molar-refractivity contribution in [2.45, 2.75) is 26.7 Å². The van der Waals surface area contributed by atoms with Gasteiger partial charge in [-0.3, -0.25) is 4.98 Å². The molecule has 1 aromatic heterocycles. The normalized spacial score (nSPS) is 11.1. The van der Waals surface area contributed by atoms with Crippen molar-refractivity contribution in [3.05, 3.63) is 41.6 Å². The molecule has 0 bridgehead atoms. The van der Waals surface area contributed by atoms with Gasteiger partial charge in [0.05, 0.1) is 12.1 Å². The van der Waals surface area contributed by atoms with E-state index < -0.39 is 5.97 Å². The molecule has 0 aliphatic carbocycles. The number of carbonyl (C=O) groups is 1. The molecule has 0 amide bonds. The number of pyridine rings is 1. The average Bonchev–Trinajstić information content (AvgIpc) is 2.45. The molecule has 0 saturated heterocycles. The minimum Gasteiger partial charge on any atom is -0.494 e. The van der Waals surface area contributed by atoms with Crippen LogP contribution in [0.25, 0.3) is 17.0 Å². The van der Waals surface area contributed by atoms with Crippen LogP contribution >= 0.6 is 0 Å². The highest BCUT2D eigenvalue weighted by molar-refractivity contribution is 5.93. The van der Waals surface area contributed by atoms with Gasteiger partial charge in [0.1, 0.15) is 5.75 Å². The van der Waals surface area contributed by atoms with E-state index in [0.717, 1.165) is 46.8 Å². The third-order valence-corrected chi connectivity index (χ3v) is 3.11. The number of ether oxygens (including phenoxy) is 1. The van der Waals surface area contributed by atoms with Gasteiger partial charge in [-0.1, -0.05) is 13.3 Å². The van der Waals surface area contributed by atoms with E-state index >= 15 is 0 Å². The molecule has 21 heavy (non-hydrogen) atoms. The highest BCUT2D eigenvalue weighted by Gasteiger charge is 2.05. The van der Waals surface area contributed by atoms with E-state index in [0.29, 0.717) is 6.61 Å². The number of hydrogen-bond donors (Lipinski definition) is 1. The molecule has 0 saturated carbocycles. The van der Waals surface area contributed by atoms with Gasteiger partial charge in [0.25, 0.3) is 0 Å². The third-order valence-electron chi connectivity index (χ3n) is 3.11. The predicted octanol–water partition coefficient (Wildman–Crippen LogP) is 3.82. The third kappa shape index (κ3) is 4.05. The van der Waals surface area contributed by atoms with E-state index in [1.54, 1.807) is 6.08 Å². The summed E-state index contributed by atoms with van der Waals surface area (Å²) in [6.07, 6.45) is 4.82. The van der Waals surface area contributed by atoms with Gasteiger partial charge >= 0.3 is 5.97 Å². The van der Waals surface area contributed by atoms with Crippen molar-refractivity contribution in [2.24, 2.45) is 0 Å². The number of fused-ring (bicyclic) bond motifs is 1. The molecule has 0 unspecified atom stereocenters. The lowest BCUT2D eigenvalue weighted by Gasteiger charge is -2.09. The molecule has 0 aliphatic heterocycles. The molecule has 0 radical (unpaired) electrons.